The molecule has 0 unspecified atom stereocenters. The second-order valence-electron chi connectivity index (χ2n) is 9.59. The van der Waals surface area contributed by atoms with Gasteiger partial charge in [-0.3, -0.25) is 4.98 Å². The van der Waals surface area contributed by atoms with Crippen molar-refractivity contribution in [1.29, 1.82) is 0 Å². The molecule has 5 rings (SSSR count). The molecule has 0 fully saturated rings. The second kappa shape index (κ2) is 10.1. The van der Waals surface area contributed by atoms with Crippen LogP contribution in [0.3, 0.4) is 0 Å². The second-order valence-corrected chi connectivity index (χ2v) is 11.6. The molecule has 206 valence electrons. The van der Waals surface area contributed by atoms with Gasteiger partial charge in [0, 0.05) is 41.8 Å². The molecule has 0 aliphatic heterocycles. The van der Waals surface area contributed by atoms with E-state index < -0.39 is 28.1 Å². The minimum atomic E-state index is -3.85. The number of sulfone groups is 1. The molecule has 0 amide bonds. The van der Waals surface area contributed by atoms with Crippen LogP contribution in [0.1, 0.15) is 28.7 Å². The molecule has 3 aromatic heterocycles. The van der Waals surface area contributed by atoms with Crippen molar-refractivity contribution in [3.05, 3.63) is 89.1 Å². The van der Waals surface area contributed by atoms with Crippen molar-refractivity contribution in [2.75, 3.05) is 6.26 Å². The van der Waals surface area contributed by atoms with E-state index in [0.717, 1.165) is 18.1 Å². The first-order valence-corrected chi connectivity index (χ1v) is 14.2. The van der Waals surface area contributed by atoms with Crippen molar-refractivity contribution < 1.29 is 26.7 Å². The first-order valence-electron chi connectivity index (χ1n) is 12.3. The summed E-state index contributed by atoms with van der Waals surface area (Å²) in [5.41, 5.74) is 3.84. The summed E-state index contributed by atoms with van der Waals surface area (Å²) in [7, 11) is -3.85. The van der Waals surface area contributed by atoms with E-state index in [-0.39, 0.29) is 16.0 Å². The minimum Gasteiger partial charge on any atom is -0.440 e. The third-order valence-electron chi connectivity index (χ3n) is 6.59. The summed E-state index contributed by atoms with van der Waals surface area (Å²) in [5.74, 6) is -0.0423. The standard InChI is InChI=1S/C29H26F2N4O4S/c1-15-13-35(17(3)33-15)26-7-6-19(20-9-25(31)24(14-36)27(10-20)40(5,37)38)8-23(26)28-29(39-18(4)34-28)22-11-21(30)12-32-16(22)2/h6-13,36H,14H2,1-5H3. The van der Waals surface area contributed by atoms with Crippen molar-refractivity contribution >= 4 is 9.84 Å². The van der Waals surface area contributed by atoms with Crippen molar-refractivity contribution in [3.8, 4) is 39.4 Å². The lowest BCUT2D eigenvalue weighted by atomic mass is 9.97. The van der Waals surface area contributed by atoms with Gasteiger partial charge >= 0.3 is 0 Å². The van der Waals surface area contributed by atoms with E-state index in [4.69, 9.17) is 4.42 Å². The van der Waals surface area contributed by atoms with Crippen LogP contribution in [0.2, 0.25) is 0 Å². The monoisotopic (exact) mass is 564 g/mol. The fourth-order valence-corrected chi connectivity index (χ4v) is 5.72. The molecule has 0 saturated heterocycles. The Hall–Kier alpha value is -4.22. The molecule has 1 N–H and O–H groups in total. The normalized spacial score (nSPS) is 11.8. The molecule has 0 aliphatic carbocycles. The third-order valence-corrected chi connectivity index (χ3v) is 7.75. The number of oxazole rings is 1. The summed E-state index contributed by atoms with van der Waals surface area (Å²) in [5, 5.41) is 9.63. The fraction of sp³-hybridized carbons (Fsp3) is 0.207. The van der Waals surface area contributed by atoms with Gasteiger partial charge in [0.25, 0.3) is 0 Å². The molecule has 0 saturated carbocycles. The Bertz CT molecular complexity index is 1890. The number of halogens is 2. The molecule has 0 aliphatic rings. The molecule has 0 radical (unpaired) electrons. The molecule has 0 bridgehead atoms. The maximum absolute atomic E-state index is 15.0. The van der Waals surface area contributed by atoms with Crippen molar-refractivity contribution in [2.45, 2.75) is 39.2 Å². The van der Waals surface area contributed by atoms with Gasteiger partial charge < -0.3 is 14.1 Å². The van der Waals surface area contributed by atoms with Crippen LogP contribution in [-0.4, -0.2) is 39.3 Å². The van der Waals surface area contributed by atoms with Crippen LogP contribution >= 0.6 is 0 Å². The number of aromatic nitrogens is 4. The number of imidazole rings is 1. The van der Waals surface area contributed by atoms with Gasteiger partial charge in [-0.2, -0.15) is 0 Å². The topological polar surface area (TPSA) is 111 Å². The molecule has 0 atom stereocenters. The van der Waals surface area contributed by atoms with Crippen LogP contribution in [-0.2, 0) is 16.4 Å². The maximum atomic E-state index is 15.0. The Morgan fingerprint density at radius 1 is 0.975 bits per heavy atom. The number of aryl methyl sites for hydroxylation is 4. The number of rotatable bonds is 6. The number of aliphatic hydroxyl groups is 1. The first kappa shape index (κ1) is 27.4. The quantitative estimate of drug-likeness (QED) is 0.283. The summed E-state index contributed by atoms with van der Waals surface area (Å²) in [6.45, 7) is 6.35. The molecule has 40 heavy (non-hydrogen) atoms. The van der Waals surface area contributed by atoms with Crippen molar-refractivity contribution in [1.82, 2.24) is 19.5 Å². The van der Waals surface area contributed by atoms with E-state index in [0.29, 0.717) is 51.2 Å². The van der Waals surface area contributed by atoms with Gasteiger partial charge in [0.15, 0.2) is 21.5 Å². The Labute approximate surface area is 229 Å². The Morgan fingerprint density at radius 2 is 1.73 bits per heavy atom. The summed E-state index contributed by atoms with van der Waals surface area (Å²) >= 11 is 0. The van der Waals surface area contributed by atoms with Gasteiger partial charge in [-0.1, -0.05) is 6.07 Å². The number of hydrogen-bond donors (Lipinski definition) is 1. The lowest BCUT2D eigenvalue weighted by Gasteiger charge is -2.15. The van der Waals surface area contributed by atoms with Crippen molar-refractivity contribution in [3.63, 3.8) is 0 Å². The molecule has 2 aromatic carbocycles. The molecule has 11 heteroatoms. The summed E-state index contributed by atoms with van der Waals surface area (Å²) in [6.07, 6.45) is 3.94. The number of pyridine rings is 1. The van der Waals surface area contributed by atoms with E-state index in [1.165, 1.54) is 18.2 Å². The summed E-state index contributed by atoms with van der Waals surface area (Å²) in [4.78, 5) is 13.0. The highest BCUT2D eigenvalue weighted by Gasteiger charge is 2.24. The zero-order chi connectivity index (χ0) is 28.9. The lowest BCUT2D eigenvalue weighted by Crippen LogP contribution is -2.06. The van der Waals surface area contributed by atoms with Gasteiger partial charge in [-0.05, 0) is 62.2 Å². The van der Waals surface area contributed by atoms with Crippen molar-refractivity contribution in [2.24, 2.45) is 0 Å². The largest absolute Gasteiger partial charge is 0.440 e. The number of nitrogens with zero attached hydrogens (tertiary/aromatic N) is 4. The van der Waals surface area contributed by atoms with Gasteiger partial charge in [0.1, 0.15) is 23.2 Å². The Morgan fingerprint density at radius 3 is 2.38 bits per heavy atom. The smallest absolute Gasteiger partial charge is 0.192 e. The van der Waals surface area contributed by atoms with Gasteiger partial charge in [0.2, 0.25) is 0 Å². The van der Waals surface area contributed by atoms with Crippen LogP contribution in [0.15, 0.2) is 58.1 Å². The summed E-state index contributed by atoms with van der Waals surface area (Å²) in [6, 6.07) is 9.11. The predicted molar refractivity (Wildman–Crippen MR) is 146 cm³/mol. The van der Waals surface area contributed by atoms with Gasteiger partial charge in [-0.15, -0.1) is 0 Å². The van der Waals surface area contributed by atoms with E-state index in [2.05, 4.69) is 15.0 Å². The highest BCUT2D eigenvalue weighted by molar-refractivity contribution is 7.90. The number of benzene rings is 2. The van der Waals surface area contributed by atoms with E-state index >= 15 is 4.39 Å². The number of hydrogen-bond acceptors (Lipinski definition) is 7. The predicted octanol–water partition coefficient (Wildman–Crippen LogP) is 5.66. The van der Waals surface area contributed by atoms with E-state index in [1.807, 2.05) is 24.6 Å². The minimum absolute atomic E-state index is 0.284. The lowest BCUT2D eigenvalue weighted by molar-refractivity contribution is 0.272. The summed E-state index contributed by atoms with van der Waals surface area (Å²) < 4.78 is 62.0. The van der Waals surface area contributed by atoms with Crippen LogP contribution in [0, 0.1) is 39.3 Å². The van der Waals surface area contributed by atoms with E-state index in [1.54, 1.807) is 32.0 Å². The first-order chi connectivity index (χ1) is 18.9. The molecule has 0 spiro atoms. The Balaban J connectivity index is 1.82. The zero-order valence-corrected chi connectivity index (χ0v) is 23.3. The number of aliphatic hydroxyl groups excluding tert-OH is 1. The third kappa shape index (κ3) is 4.93. The van der Waals surface area contributed by atoms with Gasteiger partial charge in [0.05, 0.1) is 29.1 Å². The average Bonchev–Trinajstić information content (AvgIpc) is 3.44. The fourth-order valence-electron chi connectivity index (χ4n) is 4.77. The zero-order valence-electron chi connectivity index (χ0n) is 22.5. The van der Waals surface area contributed by atoms with Gasteiger partial charge in [-0.25, -0.2) is 27.2 Å². The highest BCUT2D eigenvalue weighted by atomic mass is 32.2. The van der Waals surface area contributed by atoms with Crippen LogP contribution < -0.4 is 0 Å². The molecular weight excluding hydrogens is 538 g/mol. The average molecular weight is 565 g/mol. The van der Waals surface area contributed by atoms with Crippen LogP contribution in [0.5, 0.6) is 0 Å². The Kier molecular flexibility index (Phi) is 6.89. The molecule has 5 aromatic rings. The van der Waals surface area contributed by atoms with E-state index in [9.17, 15) is 17.9 Å². The molecule has 3 heterocycles. The van der Waals surface area contributed by atoms with Crippen LogP contribution in [0.25, 0.3) is 39.4 Å². The SMILES string of the molecule is Cc1cn(-c2ccc(-c3cc(F)c(CO)c(S(C)(=O)=O)c3)cc2-c2nc(C)oc2-c2cc(F)cnc2C)c(C)n1. The highest BCUT2D eigenvalue weighted by Crippen LogP contribution is 2.40. The molecular formula is C29H26F2N4O4S. The van der Waals surface area contributed by atoms with Crippen LogP contribution in [0.4, 0.5) is 8.78 Å². The molecule has 8 nitrogen and oxygen atoms in total. The maximum Gasteiger partial charge on any atom is 0.192 e.